The summed E-state index contributed by atoms with van der Waals surface area (Å²) in [6.07, 6.45) is 2.55. The Morgan fingerprint density at radius 2 is 1.75 bits per heavy atom. The third kappa shape index (κ3) is 4.36. The summed E-state index contributed by atoms with van der Waals surface area (Å²) in [5.41, 5.74) is 0.831. The highest BCUT2D eigenvalue weighted by Crippen LogP contribution is 2.30. The van der Waals surface area contributed by atoms with Crippen LogP contribution in [0.15, 0.2) is 53.4 Å². The zero-order valence-electron chi connectivity index (χ0n) is 15.0. The second-order valence-electron chi connectivity index (χ2n) is 6.80. The Bertz CT molecular complexity index is 948. The molecule has 0 saturated carbocycles. The summed E-state index contributed by atoms with van der Waals surface area (Å²) >= 11 is 5.94. The summed E-state index contributed by atoms with van der Waals surface area (Å²) in [6, 6.07) is 12.6. The Kier molecular flexibility index (Phi) is 6.35. The van der Waals surface area contributed by atoms with Gasteiger partial charge in [0.05, 0.1) is 10.5 Å². The summed E-state index contributed by atoms with van der Waals surface area (Å²) < 4.78 is 50.1. The number of amides is 1. The lowest BCUT2D eigenvalue weighted by Gasteiger charge is -2.26. The van der Waals surface area contributed by atoms with Crippen molar-refractivity contribution in [1.82, 2.24) is 4.90 Å². The number of carbonyl (C=O) groups excluding carboxylic acids is 1. The molecule has 3 rings (SSSR count). The number of benzene rings is 2. The van der Waals surface area contributed by atoms with Gasteiger partial charge >= 0.3 is 5.76 Å². The second-order valence-corrected chi connectivity index (χ2v) is 9.12. The van der Waals surface area contributed by atoms with Crippen molar-refractivity contribution >= 4 is 27.3 Å². The molecular weight excluding hydrogens is 408 g/mol. The van der Waals surface area contributed by atoms with Gasteiger partial charge in [0.1, 0.15) is 0 Å². The van der Waals surface area contributed by atoms with Gasteiger partial charge < -0.3 is 4.90 Å². The summed E-state index contributed by atoms with van der Waals surface area (Å²) in [5, 5.41) is 0.622. The zero-order valence-corrected chi connectivity index (χ0v) is 16.6. The molecule has 0 bridgehead atoms. The van der Waals surface area contributed by atoms with Crippen molar-refractivity contribution in [2.45, 2.75) is 35.8 Å². The quantitative estimate of drug-likeness (QED) is 0.707. The molecule has 1 aliphatic heterocycles. The van der Waals surface area contributed by atoms with Gasteiger partial charge in [-0.15, -0.1) is 0 Å². The van der Waals surface area contributed by atoms with Crippen LogP contribution in [-0.4, -0.2) is 38.1 Å². The second kappa shape index (κ2) is 8.57. The number of carbonyl (C=O) groups is 1. The van der Waals surface area contributed by atoms with Crippen LogP contribution in [0, 0.1) is 0 Å². The molecule has 1 atom stereocenters. The molecule has 1 saturated heterocycles. The third-order valence-electron chi connectivity index (χ3n) is 4.96. The number of sulfone groups is 1. The van der Waals surface area contributed by atoms with Crippen molar-refractivity contribution in [1.29, 1.82) is 0 Å². The van der Waals surface area contributed by atoms with E-state index in [1.54, 1.807) is 17.0 Å². The van der Waals surface area contributed by atoms with E-state index in [0.717, 1.165) is 30.9 Å². The van der Waals surface area contributed by atoms with Crippen LogP contribution in [0.3, 0.4) is 0 Å². The average molecular weight is 428 g/mol. The van der Waals surface area contributed by atoms with Crippen molar-refractivity contribution < 1.29 is 22.0 Å². The van der Waals surface area contributed by atoms with Crippen LogP contribution < -0.4 is 0 Å². The maximum atomic E-state index is 13.1. The predicted molar refractivity (Wildman–Crippen MR) is 104 cm³/mol. The van der Waals surface area contributed by atoms with Crippen LogP contribution in [0.1, 0.15) is 41.1 Å². The van der Waals surface area contributed by atoms with Gasteiger partial charge in [-0.3, -0.25) is 4.79 Å². The molecule has 0 aliphatic carbocycles. The topological polar surface area (TPSA) is 54.5 Å². The first-order chi connectivity index (χ1) is 13.3. The van der Waals surface area contributed by atoms with E-state index in [-0.39, 0.29) is 11.5 Å². The standard InChI is InChI=1S/C20H20ClF2NO3S/c21-16-10-8-14(9-11-16)15-5-3-4-12-24(13-15)19(25)17-6-1-2-7-18(17)28(26,27)20(22)23/h1-2,6-11,15,20H,3-5,12-13H2. The van der Waals surface area contributed by atoms with Crippen LogP contribution in [-0.2, 0) is 9.84 Å². The molecule has 1 unspecified atom stereocenters. The van der Waals surface area contributed by atoms with Gasteiger partial charge in [-0.1, -0.05) is 42.3 Å². The highest BCUT2D eigenvalue weighted by molar-refractivity contribution is 7.91. The zero-order chi connectivity index (χ0) is 20.3. The van der Waals surface area contributed by atoms with E-state index in [1.807, 2.05) is 12.1 Å². The molecule has 0 N–H and O–H groups in total. The Balaban J connectivity index is 1.91. The van der Waals surface area contributed by atoms with Crippen LogP contribution in [0.2, 0.25) is 5.02 Å². The molecule has 0 aromatic heterocycles. The number of nitrogens with zero attached hydrogens (tertiary/aromatic N) is 1. The molecule has 0 radical (unpaired) electrons. The molecule has 150 valence electrons. The molecule has 2 aromatic rings. The lowest BCUT2D eigenvalue weighted by Crippen LogP contribution is -2.35. The fourth-order valence-corrected chi connectivity index (χ4v) is 4.54. The van der Waals surface area contributed by atoms with Gasteiger partial charge in [0.2, 0.25) is 9.84 Å². The lowest BCUT2D eigenvalue weighted by molar-refractivity contribution is 0.0750. The molecule has 1 fully saturated rings. The monoisotopic (exact) mass is 427 g/mol. The molecule has 2 aromatic carbocycles. The molecule has 4 nitrogen and oxygen atoms in total. The molecule has 1 amide bonds. The first kappa shape index (κ1) is 20.7. The Morgan fingerprint density at radius 1 is 1.07 bits per heavy atom. The van der Waals surface area contributed by atoms with E-state index in [1.165, 1.54) is 18.2 Å². The van der Waals surface area contributed by atoms with Gasteiger partial charge in [0.25, 0.3) is 5.91 Å². The SMILES string of the molecule is O=C(c1ccccc1S(=O)(=O)C(F)F)N1CCCCC(c2ccc(Cl)cc2)C1. The van der Waals surface area contributed by atoms with Crippen molar-refractivity contribution in [3.05, 3.63) is 64.7 Å². The van der Waals surface area contributed by atoms with Gasteiger partial charge in [0, 0.05) is 24.0 Å². The number of rotatable bonds is 4. The first-order valence-electron chi connectivity index (χ1n) is 8.96. The molecule has 28 heavy (non-hydrogen) atoms. The summed E-state index contributed by atoms with van der Waals surface area (Å²) in [4.78, 5) is 14.0. The van der Waals surface area contributed by atoms with E-state index in [4.69, 9.17) is 11.6 Å². The Hall–Kier alpha value is -1.99. The molecule has 0 spiro atoms. The lowest BCUT2D eigenvalue weighted by atomic mass is 9.94. The predicted octanol–water partition coefficient (Wildman–Crippen LogP) is 4.75. The summed E-state index contributed by atoms with van der Waals surface area (Å²) in [6.45, 7) is 0.843. The summed E-state index contributed by atoms with van der Waals surface area (Å²) in [5.74, 6) is -4.05. The summed E-state index contributed by atoms with van der Waals surface area (Å²) in [7, 11) is -4.87. The van der Waals surface area contributed by atoms with Gasteiger partial charge in [-0.25, -0.2) is 8.42 Å². The van der Waals surface area contributed by atoms with Crippen molar-refractivity contribution in [2.24, 2.45) is 0 Å². The normalized spacial score (nSPS) is 18.1. The number of alkyl halides is 2. The van der Waals surface area contributed by atoms with Crippen LogP contribution in [0.25, 0.3) is 0 Å². The van der Waals surface area contributed by atoms with Gasteiger partial charge in [-0.05, 0) is 42.7 Å². The molecule has 8 heteroatoms. The number of hydrogen-bond acceptors (Lipinski definition) is 3. The minimum absolute atomic E-state index is 0.0718. The third-order valence-corrected chi connectivity index (χ3v) is 6.65. The molecule has 1 heterocycles. The number of hydrogen-bond donors (Lipinski definition) is 0. The highest BCUT2D eigenvalue weighted by atomic mass is 35.5. The maximum absolute atomic E-state index is 13.1. The Labute approximate surface area is 168 Å². The van der Waals surface area contributed by atoms with Crippen molar-refractivity contribution in [2.75, 3.05) is 13.1 Å². The van der Waals surface area contributed by atoms with E-state index in [2.05, 4.69) is 0 Å². The van der Waals surface area contributed by atoms with Gasteiger partial charge in [-0.2, -0.15) is 8.78 Å². The fraction of sp³-hybridized carbons (Fsp3) is 0.350. The number of likely N-dealkylation sites (tertiary alicyclic amines) is 1. The largest absolute Gasteiger partial charge is 0.341 e. The van der Waals surface area contributed by atoms with Crippen LogP contribution in [0.4, 0.5) is 8.78 Å². The average Bonchev–Trinajstić information content (AvgIpc) is 2.94. The van der Waals surface area contributed by atoms with Crippen LogP contribution >= 0.6 is 11.6 Å². The number of halogens is 3. The minimum Gasteiger partial charge on any atom is -0.338 e. The maximum Gasteiger partial charge on any atom is 0.341 e. The van der Waals surface area contributed by atoms with E-state index in [9.17, 15) is 22.0 Å². The van der Waals surface area contributed by atoms with E-state index in [0.29, 0.717) is 18.1 Å². The van der Waals surface area contributed by atoms with E-state index >= 15 is 0 Å². The van der Waals surface area contributed by atoms with Crippen molar-refractivity contribution in [3.8, 4) is 0 Å². The first-order valence-corrected chi connectivity index (χ1v) is 10.9. The Morgan fingerprint density at radius 3 is 2.43 bits per heavy atom. The van der Waals surface area contributed by atoms with Gasteiger partial charge in [0.15, 0.2) is 0 Å². The molecular formula is C20H20ClF2NO3S. The van der Waals surface area contributed by atoms with Crippen LogP contribution in [0.5, 0.6) is 0 Å². The molecule has 1 aliphatic rings. The van der Waals surface area contributed by atoms with Crippen molar-refractivity contribution in [3.63, 3.8) is 0 Å². The smallest absolute Gasteiger partial charge is 0.338 e. The highest BCUT2D eigenvalue weighted by Gasteiger charge is 2.33. The van der Waals surface area contributed by atoms with E-state index < -0.39 is 26.4 Å². The minimum atomic E-state index is -4.87. The fourth-order valence-electron chi connectivity index (χ4n) is 3.49.